The first-order valence-electron chi connectivity index (χ1n) is 17.1. The van der Waals surface area contributed by atoms with Gasteiger partial charge in [0.15, 0.2) is 17.8 Å². The molecule has 3 aromatic carbocycles. The van der Waals surface area contributed by atoms with E-state index in [4.69, 9.17) is 0 Å². The van der Waals surface area contributed by atoms with Crippen molar-refractivity contribution in [1.82, 2.24) is 19.3 Å². The number of hydrogen-bond donors (Lipinski definition) is 0. The SMILES string of the molecule is CCC1(C)n2nc(C(F)(F)F)nc2-c2cccc[n+]2C1(CC)CCC1c2cc3c(cc2-c2ccc4ccccc4[n+]21)c1ccccc1n3C. The van der Waals surface area contributed by atoms with E-state index in [1.165, 1.54) is 49.5 Å². The molecule has 2 aliphatic heterocycles. The molecule has 0 amide bonds. The quantitative estimate of drug-likeness (QED) is 0.174. The molecule has 0 N–H and O–H groups in total. The van der Waals surface area contributed by atoms with Crippen LogP contribution in [-0.4, -0.2) is 19.3 Å². The summed E-state index contributed by atoms with van der Waals surface area (Å²) in [5.74, 6) is -0.833. The number of aryl methyl sites for hydroxylation is 1. The molecule has 49 heavy (non-hydrogen) atoms. The molecule has 6 heterocycles. The van der Waals surface area contributed by atoms with Crippen LogP contribution < -0.4 is 9.13 Å². The summed E-state index contributed by atoms with van der Waals surface area (Å²) in [7, 11) is 2.13. The van der Waals surface area contributed by atoms with Gasteiger partial charge in [0.25, 0.3) is 11.5 Å². The van der Waals surface area contributed by atoms with Gasteiger partial charge in [0.2, 0.25) is 17.0 Å². The maximum Gasteiger partial charge on any atom is 0.453 e. The van der Waals surface area contributed by atoms with Gasteiger partial charge in [-0.3, -0.25) is 0 Å². The molecule has 9 heteroatoms. The van der Waals surface area contributed by atoms with Crippen molar-refractivity contribution in [2.75, 3.05) is 0 Å². The summed E-state index contributed by atoms with van der Waals surface area (Å²) in [5, 5.41) is 7.85. The second kappa shape index (κ2) is 10.2. The predicted octanol–water partition coefficient (Wildman–Crippen LogP) is 8.63. The minimum Gasteiger partial charge on any atom is -0.344 e. The van der Waals surface area contributed by atoms with Crippen LogP contribution in [0.2, 0.25) is 0 Å². The van der Waals surface area contributed by atoms with Gasteiger partial charge in [-0.25, -0.2) is 4.68 Å². The Labute approximate surface area is 282 Å². The van der Waals surface area contributed by atoms with E-state index >= 15 is 0 Å². The van der Waals surface area contributed by atoms with Crippen LogP contribution in [0.4, 0.5) is 13.2 Å². The Hall–Kier alpha value is -5.05. The lowest BCUT2D eigenvalue weighted by Gasteiger charge is -2.46. The molecule has 0 fully saturated rings. The molecule has 246 valence electrons. The van der Waals surface area contributed by atoms with E-state index in [-0.39, 0.29) is 11.9 Å². The Kier molecular flexibility index (Phi) is 6.27. The van der Waals surface area contributed by atoms with E-state index in [0.717, 1.165) is 6.42 Å². The Balaban J connectivity index is 1.25. The number of hydrogen-bond acceptors (Lipinski definition) is 2. The van der Waals surface area contributed by atoms with E-state index < -0.39 is 23.1 Å². The van der Waals surface area contributed by atoms with Crippen molar-refractivity contribution in [2.24, 2.45) is 7.05 Å². The average Bonchev–Trinajstić information content (AvgIpc) is 3.79. The van der Waals surface area contributed by atoms with Crippen LogP contribution in [0.15, 0.2) is 97.2 Å². The molecule has 0 saturated heterocycles. The van der Waals surface area contributed by atoms with Gasteiger partial charge >= 0.3 is 6.18 Å². The van der Waals surface area contributed by atoms with Gasteiger partial charge < -0.3 is 4.57 Å². The molecule has 2 aliphatic rings. The normalized spacial score (nSPS) is 21.2. The lowest BCUT2D eigenvalue weighted by atomic mass is 9.69. The Morgan fingerprint density at radius 1 is 0.837 bits per heavy atom. The highest BCUT2D eigenvalue weighted by Crippen LogP contribution is 2.50. The summed E-state index contributed by atoms with van der Waals surface area (Å²) in [6.07, 6.45) is 0.152. The van der Waals surface area contributed by atoms with Crippen molar-refractivity contribution in [2.45, 2.75) is 69.8 Å². The molecule has 7 aromatic rings. The van der Waals surface area contributed by atoms with E-state index in [9.17, 15) is 13.2 Å². The molecule has 3 atom stereocenters. The highest BCUT2D eigenvalue weighted by Gasteiger charge is 2.62. The van der Waals surface area contributed by atoms with Gasteiger partial charge in [-0.2, -0.15) is 27.3 Å². The number of halogens is 3. The van der Waals surface area contributed by atoms with E-state index in [0.29, 0.717) is 25.0 Å². The number of aromatic nitrogens is 6. The molecule has 0 saturated carbocycles. The fourth-order valence-electron chi connectivity index (χ4n) is 9.29. The first-order chi connectivity index (χ1) is 23.6. The molecule has 0 aliphatic carbocycles. The number of benzene rings is 3. The fourth-order valence-corrected chi connectivity index (χ4v) is 9.29. The summed E-state index contributed by atoms with van der Waals surface area (Å²) in [5.41, 5.74) is 6.54. The highest BCUT2D eigenvalue weighted by molar-refractivity contribution is 6.09. The third kappa shape index (κ3) is 3.90. The number of nitrogens with zero attached hydrogens (tertiary/aromatic N) is 6. The fraction of sp³-hybridized carbons (Fsp3) is 0.300. The standard InChI is InChI=1S/C40H37F3N6/c1-5-38(3)39(6-2,47-22-12-11-17-34(47)36-44-37(40(41,42)43)45-49(36)38)21-20-33-29-24-35-27(26-14-8-10-16-31(26)46(35)4)23-28(29)32-19-18-25-13-7-9-15-30(25)48(32)33/h7-19,22-24,33H,5-6,20-21H2,1-4H3/q+2. The molecule has 4 aromatic heterocycles. The first-order valence-corrected chi connectivity index (χ1v) is 17.1. The Bertz CT molecular complexity index is 2470. The van der Waals surface area contributed by atoms with Crippen molar-refractivity contribution in [3.05, 3.63) is 109 Å². The van der Waals surface area contributed by atoms with E-state index in [1.54, 1.807) is 4.68 Å². The summed E-state index contributed by atoms with van der Waals surface area (Å²) >= 11 is 0. The lowest BCUT2D eigenvalue weighted by Crippen LogP contribution is -2.71. The molecule has 0 spiro atoms. The monoisotopic (exact) mass is 658 g/mol. The van der Waals surface area contributed by atoms with Crippen LogP contribution >= 0.6 is 0 Å². The molecular formula is C40H37F3N6+2. The maximum absolute atomic E-state index is 14.1. The minimum atomic E-state index is -4.64. The second-order valence-corrected chi connectivity index (χ2v) is 13.9. The van der Waals surface area contributed by atoms with E-state index in [1.807, 2.05) is 24.4 Å². The molecular weight excluding hydrogens is 621 g/mol. The lowest BCUT2D eigenvalue weighted by molar-refractivity contribution is -0.776. The average molecular weight is 659 g/mol. The third-order valence-corrected chi connectivity index (χ3v) is 11.9. The summed E-state index contributed by atoms with van der Waals surface area (Å²) < 4.78 is 50.9. The van der Waals surface area contributed by atoms with Crippen molar-refractivity contribution in [3.8, 4) is 22.8 Å². The number of para-hydroxylation sites is 2. The Morgan fingerprint density at radius 3 is 2.41 bits per heavy atom. The molecule has 3 unspecified atom stereocenters. The van der Waals surface area contributed by atoms with Crippen LogP contribution in [0.5, 0.6) is 0 Å². The first kappa shape index (κ1) is 30.0. The van der Waals surface area contributed by atoms with Crippen LogP contribution in [0.1, 0.15) is 63.9 Å². The largest absolute Gasteiger partial charge is 0.453 e. The van der Waals surface area contributed by atoms with Gasteiger partial charge in [0, 0.05) is 83.3 Å². The van der Waals surface area contributed by atoms with Gasteiger partial charge in [-0.15, -0.1) is 5.10 Å². The van der Waals surface area contributed by atoms with Gasteiger partial charge in [-0.1, -0.05) is 44.2 Å². The zero-order valence-corrected chi connectivity index (χ0v) is 28.0. The van der Waals surface area contributed by atoms with Gasteiger partial charge in [0.05, 0.1) is 5.56 Å². The van der Waals surface area contributed by atoms with Crippen LogP contribution in [0.3, 0.4) is 0 Å². The number of pyridine rings is 2. The second-order valence-electron chi connectivity index (χ2n) is 13.9. The van der Waals surface area contributed by atoms with Gasteiger partial charge in [0.1, 0.15) is 5.54 Å². The number of alkyl halides is 3. The molecule has 0 radical (unpaired) electrons. The smallest absolute Gasteiger partial charge is 0.344 e. The summed E-state index contributed by atoms with van der Waals surface area (Å²) in [6, 6.07) is 32.0. The highest BCUT2D eigenvalue weighted by atomic mass is 19.4. The van der Waals surface area contributed by atoms with Crippen molar-refractivity contribution in [3.63, 3.8) is 0 Å². The van der Waals surface area contributed by atoms with Crippen molar-refractivity contribution >= 4 is 32.7 Å². The molecule has 9 rings (SSSR count). The van der Waals surface area contributed by atoms with Gasteiger partial charge in [-0.05, 0) is 49.7 Å². The molecule has 0 bridgehead atoms. The maximum atomic E-state index is 14.1. The van der Waals surface area contributed by atoms with Crippen LogP contribution in [0, 0.1) is 0 Å². The van der Waals surface area contributed by atoms with Crippen LogP contribution in [0.25, 0.3) is 55.5 Å². The predicted molar refractivity (Wildman–Crippen MR) is 184 cm³/mol. The third-order valence-electron chi connectivity index (χ3n) is 11.9. The summed E-state index contributed by atoms with van der Waals surface area (Å²) in [4.78, 5) is 4.09. The zero-order valence-electron chi connectivity index (χ0n) is 28.0. The van der Waals surface area contributed by atoms with Crippen molar-refractivity contribution < 1.29 is 22.3 Å². The topological polar surface area (TPSA) is 43.4 Å². The number of fused-ring (bicyclic) bond motifs is 11. The van der Waals surface area contributed by atoms with E-state index in [2.05, 4.69) is 124 Å². The Morgan fingerprint density at radius 2 is 1.61 bits per heavy atom. The zero-order chi connectivity index (χ0) is 33.9. The number of rotatable bonds is 5. The van der Waals surface area contributed by atoms with Crippen molar-refractivity contribution in [1.29, 1.82) is 0 Å². The minimum absolute atomic E-state index is 0.0127. The van der Waals surface area contributed by atoms with Crippen LogP contribution in [-0.2, 0) is 24.3 Å². The molecule has 6 nitrogen and oxygen atoms in total. The summed E-state index contributed by atoms with van der Waals surface area (Å²) in [6.45, 7) is 6.27.